The van der Waals surface area contributed by atoms with E-state index in [4.69, 9.17) is 9.47 Å². The third kappa shape index (κ3) is 4.73. The zero-order chi connectivity index (χ0) is 18.2. The summed E-state index contributed by atoms with van der Waals surface area (Å²) in [6.45, 7) is 6.17. The Morgan fingerprint density at radius 3 is 2.56 bits per heavy atom. The number of hydrogen-bond donors (Lipinski definition) is 1. The van der Waals surface area contributed by atoms with E-state index >= 15 is 0 Å². The summed E-state index contributed by atoms with van der Waals surface area (Å²) in [6, 6.07) is 10.3. The van der Waals surface area contributed by atoms with Crippen LogP contribution in [-0.4, -0.2) is 24.6 Å². The maximum atomic E-state index is 12.3. The molecule has 0 aliphatic heterocycles. The van der Waals surface area contributed by atoms with Crippen LogP contribution in [0.4, 0.5) is 0 Å². The summed E-state index contributed by atoms with van der Waals surface area (Å²) in [7, 11) is 1.52. The molecule has 0 amide bonds. The Labute approximate surface area is 148 Å². The minimum absolute atomic E-state index is 0.122. The number of ether oxygens (including phenoxy) is 2. The molecule has 0 spiro atoms. The van der Waals surface area contributed by atoms with Gasteiger partial charge < -0.3 is 14.6 Å². The van der Waals surface area contributed by atoms with Crippen molar-refractivity contribution in [3.8, 4) is 17.2 Å². The summed E-state index contributed by atoms with van der Waals surface area (Å²) in [5, 5.41) is 9.97. The summed E-state index contributed by atoms with van der Waals surface area (Å²) in [5.74, 6) is 1.26. The first kappa shape index (κ1) is 18.3. The number of phenolic OH excluding ortho intramolecular Hbond substituents is 1. The topological polar surface area (TPSA) is 55.8 Å². The predicted octanol–water partition coefficient (Wildman–Crippen LogP) is 4.42. The highest BCUT2D eigenvalue weighted by Crippen LogP contribution is 2.30. The van der Waals surface area contributed by atoms with Crippen LogP contribution in [0.1, 0.15) is 28.4 Å². The molecule has 0 saturated carbocycles. The molecule has 2 aromatic rings. The van der Waals surface area contributed by atoms with Crippen LogP contribution in [0, 0.1) is 0 Å². The Morgan fingerprint density at radius 1 is 1.24 bits per heavy atom. The quantitative estimate of drug-likeness (QED) is 0.440. The maximum Gasteiger partial charge on any atom is 0.185 e. The molecule has 4 nitrogen and oxygen atoms in total. The highest BCUT2D eigenvalue weighted by Gasteiger charge is 2.08. The molecule has 0 aromatic heterocycles. The van der Waals surface area contributed by atoms with Gasteiger partial charge in [-0.3, -0.25) is 4.79 Å². The molecule has 0 bridgehead atoms. The zero-order valence-electron chi connectivity index (χ0n) is 14.5. The molecule has 0 radical (unpaired) electrons. The Balaban J connectivity index is 2.23. The molecule has 0 unspecified atom stereocenters. The van der Waals surface area contributed by atoms with Crippen LogP contribution in [0.5, 0.6) is 17.2 Å². The Kier molecular flexibility index (Phi) is 6.40. The van der Waals surface area contributed by atoms with Gasteiger partial charge in [-0.2, -0.15) is 0 Å². The van der Waals surface area contributed by atoms with Gasteiger partial charge in [0, 0.05) is 17.2 Å². The van der Waals surface area contributed by atoms with Crippen LogP contribution in [0.3, 0.4) is 0 Å². The van der Waals surface area contributed by atoms with Crippen LogP contribution in [-0.2, 0) is 6.42 Å². The van der Waals surface area contributed by atoms with Gasteiger partial charge in [0.25, 0.3) is 0 Å². The smallest absolute Gasteiger partial charge is 0.185 e. The molecule has 0 fully saturated rings. The fourth-order valence-corrected chi connectivity index (χ4v) is 2.40. The van der Waals surface area contributed by atoms with Gasteiger partial charge in [0.15, 0.2) is 5.78 Å². The summed E-state index contributed by atoms with van der Waals surface area (Å²) < 4.78 is 10.6. The molecule has 1 N–H and O–H groups in total. The van der Waals surface area contributed by atoms with Crippen molar-refractivity contribution in [2.75, 3.05) is 13.7 Å². The van der Waals surface area contributed by atoms with Crippen LogP contribution in [0.2, 0.25) is 0 Å². The van der Waals surface area contributed by atoms with Gasteiger partial charge in [0.05, 0.1) is 13.7 Å². The first-order chi connectivity index (χ1) is 12.1. The number of carbonyl (C=O) groups excluding carboxylic acids is 1. The molecule has 0 saturated heterocycles. The third-order valence-electron chi connectivity index (χ3n) is 3.66. The molecule has 2 aromatic carbocycles. The van der Waals surface area contributed by atoms with Crippen LogP contribution in [0.15, 0.2) is 55.1 Å². The fraction of sp³-hybridized carbons (Fsp3) is 0.190. The Hall–Kier alpha value is -3.01. The first-order valence-electron chi connectivity index (χ1n) is 8.05. The van der Waals surface area contributed by atoms with E-state index in [1.807, 2.05) is 6.92 Å². The van der Waals surface area contributed by atoms with Crippen molar-refractivity contribution < 1.29 is 19.4 Å². The summed E-state index contributed by atoms with van der Waals surface area (Å²) in [4.78, 5) is 12.3. The van der Waals surface area contributed by atoms with Crippen molar-refractivity contribution in [1.82, 2.24) is 0 Å². The third-order valence-corrected chi connectivity index (χ3v) is 3.66. The van der Waals surface area contributed by atoms with Crippen LogP contribution in [0.25, 0.3) is 6.08 Å². The van der Waals surface area contributed by atoms with Gasteiger partial charge in [-0.25, -0.2) is 0 Å². The highest BCUT2D eigenvalue weighted by molar-refractivity contribution is 6.07. The van der Waals surface area contributed by atoms with Crippen molar-refractivity contribution in [3.05, 3.63) is 71.8 Å². The van der Waals surface area contributed by atoms with Gasteiger partial charge in [0.2, 0.25) is 0 Å². The monoisotopic (exact) mass is 338 g/mol. The van der Waals surface area contributed by atoms with E-state index in [1.54, 1.807) is 48.6 Å². The number of allylic oxidation sites excluding steroid dienone is 2. The van der Waals surface area contributed by atoms with E-state index in [0.717, 1.165) is 16.9 Å². The zero-order valence-corrected chi connectivity index (χ0v) is 14.5. The number of hydrogen-bond acceptors (Lipinski definition) is 4. The number of methoxy groups -OCH3 is 1. The van der Waals surface area contributed by atoms with E-state index in [0.29, 0.717) is 24.3 Å². The SMILES string of the molecule is C=CCc1cc(/C=C/C(=O)c2ccc(OCC)cc2)c(OC)cc1O. The number of carbonyl (C=O) groups is 1. The predicted molar refractivity (Wildman–Crippen MR) is 99.5 cm³/mol. The van der Waals surface area contributed by atoms with Gasteiger partial charge >= 0.3 is 0 Å². The summed E-state index contributed by atoms with van der Waals surface area (Å²) in [5.41, 5.74) is 2.02. The molecule has 0 aliphatic rings. The molecule has 2 rings (SSSR count). The van der Waals surface area contributed by atoms with Crippen LogP contribution >= 0.6 is 0 Å². The molecular weight excluding hydrogens is 316 g/mol. The molecule has 0 atom stereocenters. The van der Waals surface area contributed by atoms with Gasteiger partial charge in [-0.15, -0.1) is 6.58 Å². The average molecular weight is 338 g/mol. The molecule has 0 aliphatic carbocycles. The first-order valence-corrected chi connectivity index (χ1v) is 8.05. The second-order valence-corrected chi connectivity index (χ2v) is 5.37. The van der Waals surface area contributed by atoms with Crippen molar-refractivity contribution in [1.29, 1.82) is 0 Å². The highest BCUT2D eigenvalue weighted by atomic mass is 16.5. The lowest BCUT2D eigenvalue weighted by atomic mass is 10.0. The minimum atomic E-state index is -0.122. The second kappa shape index (κ2) is 8.73. The summed E-state index contributed by atoms with van der Waals surface area (Å²) >= 11 is 0. The second-order valence-electron chi connectivity index (χ2n) is 5.37. The molecule has 4 heteroatoms. The lowest BCUT2D eigenvalue weighted by Gasteiger charge is -2.09. The van der Waals surface area contributed by atoms with E-state index < -0.39 is 0 Å². The van der Waals surface area contributed by atoms with Crippen molar-refractivity contribution in [3.63, 3.8) is 0 Å². The van der Waals surface area contributed by atoms with Crippen molar-refractivity contribution in [2.45, 2.75) is 13.3 Å². The molecular formula is C21H22O4. The number of ketones is 1. The molecule has 25 heavy (non-hydrogen) atoms. The standard InChI is InChI=1S/C21H22O4/c1-4-6-16-13-17(21(24-3)14-20(16)23)9-12-19(22)15-7-10-18(11-8-15)25-5-2/h4,7-14,23H,1,5-6H2,2-3H3/b12-9+. The van der Waals surface area contributed by atoms with E-state index in [-0.39, 0.29) is 11.5 Å². The van der Waals surface area contributed by atoms with E-state index in [2.05, 4.69) is 6.58 Å². The van der Waals surface area contributed by atoms with E-state index in [9.17, 15) is 9.90 Å². The number of aromatic hydroxyl groups is 1. The average Bonchev–Trinajstić information content (AvgIpc) is 2.62. The fourth-order valence-electron chi connectivity index (χ4n) is 2.40. The van der Waals surface area contributed by atoms with E-state index in [1.165, 1.54) is 13.2 Å². The van der Waals surface area contributed by atoms with Crippen molar-refractivity contribution in [2.24, 2.45) is 0 Å². The Bertz CT molecular complexity index is 773. The largest absolute Gasteiger partial charge is 0.508 e. The van der Waals surface area contributed by atoms with Crippen molar-refractivity contribution >= 4 is 11.9 Å². The van der Waals surface area contributed by atoms with Gasteiger partial charge in [-0.1, -0.05) is 6.08 Å². The molecule has 0 heterocycles. The lowest BCUT2D eigenvalue weighted by Crippen LogP contribution is -1.96. The lowest BCUT2D eigenvalue weighted by molar-refractivity contribution is 0.104. The number of phenols is 1. The molecule has 130 valence electrons. The van der Waals surface area contributed by atoms with Gasteiger partial charge in [-0.05, 0) is 61.4 Å². The summed E-state index contributed by atoms with van der Waals surface area (Å²) in [6.07, 6.45) is 5.41. The van der Waals surface area contributed by atoms with Gasteiger partial charge in [0.1, 0.15) is 17.2 Å². The minimum Gasteiger partial charge on any atom is -0.508 e. The van der Waals surface area contributed by atoms with Crippen LogP contribution < -0.4 is 9.47 Å². The number of benzene rings is 2. The number of rotatable bonds is 8. The Morgan fingerprint density at radius 2 is 1.96 bits per heavy atom. The maximum absolute atomic E-state index is 12.3. The normalized spacial score (nSPS) is 10.6.